The molecule has 25 heavy (non-hydrogen) atoms. The van der Waals surface area contributed by atoms with Gasteiger partial charge < -0.3 is 10.1 Å². The molecule has 2 heterocycles. The highest BCUT2D eigenvalue weighted by Gasteiger charge is 2.29. The Balaban J connectivity index is 1.71. The molecular formula is C16H11N5O3S. The molecule has 4 rings (SSSR count). The summed E-state index contributed by atoms with van der Waals surface area (Å²) in [5.41, 5.74) is 1.57. The summed E-state index contributed by atoms with van der Waals surface area (Å²) in [6.07, 6.45) is 1.19. The maximum absolute atomic E-state index is 12.9. The van der Waals surface area contributed by atoms with Crippen molar-refractivity contribution in [3.05, 3.63) is 65.0 Å². The van der Waals surface area contributed by atoms with Crippen LogP contribution >= 0.6 is 11.8 Å². The molecule has 0 atom stereocenters. The predicted octanol–water partition coefficient (Wildman–Crippen LogP) is 3.02. The van der Waals surface area contributed by atoms with Crippen LogP contribution in [0.2, 0.25) is 0 Å². The Labute approximate surface area is 146 Å². The molecule has 0 saturated carbocycles. The van der Waals surface area contributed by atoms with Gasteiger partial charge in [-0.3, -0.25) is 9.69 Å². The van der Waals surface area contributed by atoms with Gasteiger partial charge in [0.05, 0.1) is 11.4 Å². The number of carbonyl (C=O) groups excluding carboxylic acids is 1. The standard InChI is InChI=1S/C16H11N5O3S/c22-15(9-19-10-17-16(18-19)21(23)24)20-11-5-1-3-7-13(11)25-14-8-4-2-6-12(14)20/h1-8,10H,9H2. The van der Waals surface area contributed by atoms with E-state index in [1.807, 2.05) is 48.5 Å². The topological polar surface area (TPSA) is 94.2 Å². The third-order valence-corrected chi connectivity index (χ3v) is 4.80. The molecule has 0 spiro atoms. The van der Waals surface area contributed by atoms with E-state index in [1.165, 1.54) is 11.0 Å². The Morgan fingerprint density at radius 3 is 2.24 bits per heavy atom. The molecule has 1 amide bonds. The van der Waals surface area contributed by atoms with Gasteiger partial charge >= 0.3 is 5.95 Å². The fourth-order valence-corrected chi connectivity index (χ4v) is 3.69. The van der Waals surface area contributed by atoms with Crippen molar-refractivity contribution in [3.63, 3.8) is 0 Å². The first kappa shape index (κ1) is 15.3. The van der Waals surface area contributed by atoms with Gasteiger partial charge in [0.2, 0.25) is 6.33 Å². The lowest BCUT2D eigenvalue weighted by Crippen LogP contribution is -2.31. The number of amides is 1. The van der Waals surface area contributed by atoms with E-state index in [0.717, 1.165) is 21.2 Å². The lowest BCUT2D eigenvalue weighted by molar-refractivity contribution is -0.394. The van der Waals surface area contributed by atoms with Gasteiger partial charge in [-0.2, -0.15) is 4.68 Å². The van der Waals surface area contributed by atoms with Crippen LogP contribution in [0.5, 0.6) is 0 Å². The SMILES string of the molecule is O=C(Cn1cnc([N+](=O)[O-])n1)N1c2ccccc2Sc2ccccc21. The van der Waals surface area contributed by atoms with Gasteiger partial charge in [0.15, 0.2) is 0 Å². The summed E-state index contributed by atoms with van der Waals surface area (Å²) in [5.74, 6) is -0.775. The number of hydrogen-bond acceptors (Lipinski definition) is 6. The number of benzene rings is 2. The maximum atomic E-state index is 12.9. The van der Waals surface area contributed by atoms with Crippen molar-refractivity contribution in [3.8, 4) is 0 Å². The van der Waals surface area contributed by atoms with Crippen LogP contribution in [0.3, 0.4) is 0 Å². The van der Waals surface area contributed by atoms with Crippen molar-refractivity contribution in [2.75, 3.05) is 4.90 Å². The molecule has 8 nitrogen and oxygen atoms in total. The zero-order valence-corrected chi connectivity index (χ0v) is 13.6. The lowest BCUT2D eigenvalue weighted by atomic mass is 10.2. The molecule has 0 saturated heterocycles. The Bertz CT molecular complexity index is 942. The lowest BCUT2D eigenvalue weighted by Gasteiger charge is -2.30. The average molecular weight is 353 g/mol. The van der Waals surface area contributed by atoms with E-state index >= 15 is 0 Å². The summed E-state index contributed by atoms with van der Waals surface area (Å²) in [4.78, 5) is 30.1. The number of carbonyl (C=O) groups is 1. The molecule has 1 aromatic heterocycles. The normalized spacial score (nSPS) is 12.4. The van der Waals surface area contributed by atoms with E-state index in [-0.39, 0.29) is 12.5 Å². The van der Waals surface area contributed by atoms with E-state index in [4.69, 9.17) is 0 Å². The van der Waals surface area contributed by atoms with E-state index in [0.29, 0.717) is 0 Å². The molecule has 0 bridgehead atoms. The van der Waals surface area contributed by atoms with Gasteiger partial charge in [-0.15, -0.1) is 0 Å². The van der Waals surface area contributed by atoms with Gasteiger partial charge in [0, 0.05) is 14.9 Å². The second-order valence-electron chi connectivity index (χ2n) is 5.27. The number of hydrogen-bond donors (Lipinski definition) is 0. The molecule has 1 aliphatic rings. The number of aromatic nitrogens is 3. The third-order valence-electron chi connectivity index (χ3n) is 3.67. The molecule has 124 valence electrons. The van der Waals surface area contributed by atoms with Crippen molar-refractivity contribution in [1.29, 1.82) is 0 Å². The minimum atomic E-state index is -0.691. The first-order chi connectivity index (χ1) is 12.1. The highest BCUT2D eigenvalue weighted by atomic mass is 32.2. The summed E-state index contributed by atoms with van der Waals surface area (Å²) >= 11 is 1.60. The van der Waals surface area contributed by atoms with Crippen LogP contribution in [0.25, 0.3) is 0 Å². The van der Waals surface area contributed by atoms with Crippen molar-refractivity contribution < 1.29 is 9.72 Å². The van der Waals surface area contributed by atoms with Crippen LogP contribution in [0.15, 0.2) is 64.6 Å². The average Bonchev–Trinajstić information content (AvgIpc) is 3.08. The van der Waals surface area contributed by atoms with Gasteiger partial charge in [0.1, 0.15) is 6.54 Å². The Morgan fingerprint density at radius 2 is 1.68 bits per heavy atom. The molecule has 0 fully saturated rings. The molecule has 9 heteroatoms. The summed E-state index contributed by atoms with van der Waals surface area (Å²) < 4.78 is 1.17. The third kappa shape index (κ3) is 2.74. The smallest absolute Gasteiger partial charge is 0.390 e. The number of fused-ring (bicyclic) bond motifs is 2. The largest absolute Gasteiger partial charge is 0.490 e. The number of para-hydroxylation sites is 2. The van der Waals surface area contributed by atoms with Crippen LogP contribution in [0.4, 0.5) is 17.3 Å². The van der Waals surface area contributed by atoms with Gasteiger partial charge in [0.25, 0.3) is 5.91 Å². The van der Waals surface area contributed by atoms with Crippen LogP contribution in [-0.2, 0) is 11.3 Å². The van der Waals surface area contributed by atoms with E-state index in [2.05, 4.69) is 10.1 Å². The quantitative estimate of drug-likeness (QED) is 0.531. The van der Waals surface area contributed by atoms with Crippen LogP contribution in [0, 0.1) is 10.1 Å². The number of nitrogens with zero attached hydrogens (tertiary/aromatic N) is 5. The fourth-order valence-electron chi connectivity index (χ4n) is 2.63. The Hall–Kier alpha value is -3.20. The van der Waals surface area contributed by atoms with Crippen LogP contribution in [-0.4, -0.2) is 25.6 Å². The molecule has 2 aromatic carbocycles. The fraction of sp³-hybridized carbons (Fsp3) is 0.0625. The molecule has 3 aromatic rings. The zero-order chi connectivity index (χ0) is 17.4. The highest BCUT2D eigenvalue weighted by Crippen LogP contribution is 2.47. The number of anilines is 2. The number of nitro groups is 1. The second kappa shape index (κ2) is 6.02. The monoisotopic (exact) mass is 353 g/mol. The maximum Gasteiger partial charge on any atom is 0.490 e. The second-order valence-corrected chi connectivity index (χ2v) is 6.35. The summed E-state index contributed by atoms with van der Waals surface area (Å²) in [6, 6.07) is 15.2. The van der Waals surface area contributed by atoms with Gasteiger partial charge in [-0.05, 0) is 29.2 Å². The zero-order valence-electron chi connectivity index (χ0n) is 12.8. The van der Waals surface area contributed by atoms with Crippen molar-refractivity contribution in [2.24, 2.45) is 0 Å². The van der Waals surface area contributed by atoms with Crippen molar-refractivity contribution in [2.45, 2.75) is 16.3 Å². The Morgan fingerprint density at radius 1 is 1.08 bits per heavy atom. The summed E-state index contributed by atoms with van der Waals surface area (Å²) in [5, 5.41) is 14.4. The van der Waals surface area contributed by atoms with E-state index < -0.39 is 10.9 Å². The molecule has 1 aliphatic heterocycles. The van der Waals surface area contributed by atoms with E-state index in [1.54, 1.807) is 16.7 Å². The first-order valence-electron chi connectivity index (χ1n) is 7.36. The van der Waals surface area contributed by atoms with E-state index in [9.17, 15) is 14.9 Å². The van der Waals surface area contributed by atoms with Crippen molar-refractivity contribution in [1.82, 2.24) is 14.8 Å². The highest BCUT2D eigenvalue weighted by molar-refractivity contribution is 7.99. The van der Waals surface area contributed by atoms with Crippen LogP contribution in [0.1, 0.15) is 0 Å². The molecular weight excluding hydrogens is 342 g/mol. The van der Waals surface area contributed by atoms with Gasteiger partial charge in [-0.1, -0.05) is 41.0 Å². The van der Waals surface area contributed by atoms with Crippen molar-refractivity contribution >= 4 is 35.0 Å². The van der Waals surface area contributed by atoms with Crippen LogP contribution < -0.4 is 4.90 Å². The molecule has 0 aliphatic carbocycles. The molecule has 0 unspecified atom stereocenters. The van der Waals surface area contributed by atoms with Gasteiger partial charge in [-0.25, -0.2) is 0 Å². The number of rotatable bonds is 3. The predicted molar refractivity (Wildman–Crippen MR) is 90.8 cm³/mol. The minimum absolute atomic E-state index is 0.145. The summed E-state index contributed by atoms with van der Waals surface area (Å²) in [6.45, 7) is -0.145. The minimum Gasteiger partial charge on any atom is -0.390 e. The molecule has 0 N–H and O–H groups in total. The first-order valence-corrected chi connectivity index (χ1v) is 8.18. The summed E-state index contributed by atoms with van der Waals surface area (Å²) in [7, 11) is 0. The molecule has 0 radical (unpaired) electrons. The Kier molecular flexibility index (Phi) is 3.69.